The van der Waals surface area contributed by atoms with Crippen molar-refractivity contribution < 1.29 is 4.74 Å². The molecule has 0 saturated carbocycles. The van der Waals surface area contributed by atoms with Crippen LogP contribution in [0.15, 0.2) is 39.4 Å². The first-order valence-corrected chi connectivity index (χ1v) is 7.96. The molecule has 2 aromatic rings. The molecule has 1 aromatic heterocycles. The summed E-state index contributed by atoms with van der Waals surface area (Å²) in [6, 6.07) is 8.14. The molecule has 0 saturated heterocycles. The molecule has 0 unspecified atom stereocenters. The number of rotatable bonds is 5. The fraction of sp³-hybridized carbons (Fsp3) is 0.267. The maximum absolute atomic E-state index is 5.57. The van der Waals surface area contributed by atoms with Crippen LogP contribution in [0.5, 0.6) is 5.75 Å². The van der Waals surface area contributed by atoms with Gasteiger partial charge >= 0.3 is 0 Å². The standard InChI is InChI=1S/C15H16Br2N2O/c1-3-20-15-13(16)6-11(7-14(15)17)8-19-12-5-4-10(2)18-9-12/h4-7,9,19H,3,8H2,1-2H3. The Morgan fingerprint density at radius 1 is 1.20 bits per heavy atom. The SMILES string of the molecule is CCOc1c(Br)cc(CNc2ccc(C)nc2)cc1Br. The molecule has 0 aliphatic rings. The fourth-order valence-electron chi connectivity index (χ4n) is 1.77. The van der Waals surface area contributed by atoms with Crippen LogP contribution < -0.4 is 10.1 Å². The number of hydrogen-bond acceptors (Lipinski definition) is 3. The summed E-state index contributed by atoms with van der Waals surface area (Å²) in [5, 5.41) is 3.35. The van der Waals surface area contributed by atoms with E-state index in [1.165, 1.54) is 0 Å². The van der Waals surface area contributed by atoms with E-state index < -0.39 is 0 Å². The number of benzene rings is 1. The van der Waals surface area contributed by atoms with Crippen LogP contribution in [0.1, 0.15) is 18.2 Å². The third kappa shape index (κ3) is 3.96. The Bertz CT molecular complexity index is 562. The Morgan fingerprint density at radius 3 is 2.45 bits per heavy atom. The Balaban J connectivity index is 2.08. The molecular weight excluding hydrogens is 384 g/mol. The molecule has 0 bridgehead atoms. The molecule has 106 valence electrons. The molecule has 0 amide bonds. The summed E-state index contributed by atoms with van der Waals surface area (Å²) in [5.41, 5.74) is 3.19. The minimum Gasteiger partial charge on any atom is -0.492 e. The van der Waals surface area contributed by atoms with E-state index in [1.807, 2.05) is 32.2 Å². The summed E-state index contributed by atoms with van der Waals surface area (Å²) in [6.07, 6.45) is 1.84. The number of anilines is 1. The lowest BCUT2D eigenvalue weighted by atomic mass is 10.2. The van der Waals surface area contributed by atoms with Gasteiger partial charge in [-0.1, -0.05) is 0 Å². The molecule has 5 heteroatoms. The smallest absolute Gasteiger partial charge is 0.147 e. The van der Waals surface area contributed by atoms with Gasteiger partial charge < -0.3 is 10.1 Å². The van der Waals surface area contributed by atoms with Gasteiger partial charge in [-0.3, -0.25) is 4.98 Å². The summed E-state index contributed by atoms with van der Waals surface area (Å²) in [7, 11) is 0. The van der Waals surface area contributed by atoms with Gasteiger partial charge in [-0.15, -0.1) is 0 Å². The highest BCUT2D eigenvalue weighted by atomic mass is 79.9. The van der Waals surface area contributed by atoms with Crippen molar-refractivity contribution in [1.82, 2.24) is 4.98 Å². The zero-order valence-electron chi connectivity index (χ0n) is 11.4. The van der Waals surface area contributed by atoms with Gasteiger partial charge in [-0.05, 0) is 75.5 Å². The largest absolute Gasteiger partial charge is 0.492 e. The topological polar surface area (TPSA) is 34.1 Å². The average molecular weight is 400 g/mol. The lowest BCUT2D eigenvalue weighted by Crippen LogP contribution is -2.01. The average Bonchev–Trinajstić information content (AvgIpc) is 2.42. The fourth-order valence-corrected chi connectivity index (χ4v) is 3.28. The van der Waals surface area contributed by atoms with Gasteiger partial charge in [-0.2, -0.15) is 0 Å². The van der Waals surface area contributed by atoms with E-state index in [1.54, 1.807) is 0 Å². The molecular formula is C15H16Br2N2O. The van der Waals surface area contributed by atoms with Crippen molar-refractivity contribution in [3.05, 3.63) is 50.7 Å². The summed E-state index contributed by atoms with van der Waals surface area (Å²) in [5.74, 6) is 0.841. The monoisotopic (exact) mass is 398 g/mol. The number of pyridine rings is 1. The van der Waals surface area contributed by atoms with Crippen LogP contribution in [0.25, 0.3) is 0 Å². The van der Waals surface area contributed by atoms with Crippen molar-refractivity contribution in [2.24, 2.45) is 0 Å². The minimum atomic E-state index is 0.643. The van der Waals surface area contributed by atoms with E-state index in [-0.39, 0.29) is 0 Å². The van der Waals surface area contributed by atoms with Gasteiger partial charge in [0.1, 0.15) is 5.75 Å². The molecule has 0 fully saturated rings. The van der Waals surface area contributed by atoms with Crippen LogP contribution in [-0.4, -0.2) is 11.6 Å². The van der Waals surface area contributed by atoms with E-state index in [0.29, 0.717) is 6.61 Å². The van der Waals surface area contributed by atoms with E-state index in [2.05, 4.69) is 54.3 Å². The molecule has 1 aromatic carbocycles. The van der Waals surface area contributed by atoms with E-state index in [9.17, 15) is 0 Å². The first-order chi connectivity index (χ1) is 9.60. The van der Waals surface area contributed by atoms with Gasteiger partial charge in [0.25, 0.3) is 0 Å². The number of nitrogens with one attached hydrogen (secondary N) is 1. The van der Waals surface area contributed by atoms with Crippen LogP contribution in [0.3, 0.4) is 0 Å². The van der Waals surface area contributed by atoms with Gasteiger partial charge in [0.15, 0.2) is 0 Å². The number of aryl methyl sites for hydroxylation is 1. The molecule has 0 radical (unpaired) electrons. The second-order valence-electron chi connectivity index (χ2n) is 4.36. The molecule has 0 aliphatic heterocycles. The zero-order valence-corrected chi connectivity index (χ0v) is 14.6. The normalized spacial score (nSPS) is 10.4. The van der Waals surface area contributed by atoms with Crippen molar-refractivity contribution in [3.8, 4) is 5.75 Å². The van der Waals surface area contributed by atoms with Crippen LogP contribution in [0.2, 0.25) is 0 Å². The molecule has 0 atom stereocenters. The van der Waals surface area contributed by atoms with Crippen LogP contribution in [0, 0.1) is 6.92 Å². The Kier molecular flexibility index (Phi) is 5.43. The maximum Gasteiger partial charge on any atom is 0.147 e. The predicted molar refractivity (Wildman–Crippen MR) is 89.3 cm³/mol. The lowest BCUT2D eigenvalue weighted by molar-refractivity contribution is 0.336. The van der Waals surface area contributed by atoms with Gasteiger partial charge in [0, 0.05) is 12.2 Å². The molecule has 20 heavy (non-hydrogen) atoms. The Labute approximate surface area is 136 Å². The van der Waals surface area contributed by atoms with Crippen molar-refractivity contribution in [1.29, 1.82) is 0 Å². The number of halogens is 2. The van der Waals surface area contributed by atoms with Crippen LogP contribution in [0.4, 0.5) is 5.69 Å². The van der Waals surface area contributed by atoms with Gasteiger partial charge in [0.2, 0.25) is 0 Å². The summed E-state index contributed by atoms with van der Waals surface area (Å²) in [6.45, 7) is 5.32. The van der Waals surface area contributed by atoms with Crippen molar-refractivity contribution >= 4 is 37.5 Å². The lowest BCUT2D eigenvalue weighted by Gasteiger charge is -2.12. The number of aromatic nitrogens is 1. The maximum atomic E-state index is 5.57. The quantitative estimate of drug-likeness (QED) is 0.774. The summed E-state index contributed by atoms with van der Waals surface area (Å²) >= 11 is 7.08. The second kappa shape index (κ2) is 7.09. The molecule has 0 spiro atoms. The van der Waals surface area contributed by atoms with Crippen molar-refractivity contribution in [3.63, 3.8) is 0 Å². The first kappa shape index (κ1) is 15.3. The minimum absolute atomic E-state index is 0.643. The van der Waals surface area contributed by atoms with E-state index in [4.69, 9.17) is 4.74 Å². The highest BCUT2D eigenvalue weighted by Crippen LogP contribution is 2.34. The molecule has 0 aliphatic carbocycles. The van der Waals surface area contributed by atoms with Gasteiger partial charge in [-0.25, -0.2) is 0 Å². The molecule has 2 rings (SSSR count). The zero-order chi connectivity index (χ0) is 14.5. The van der Waals surface area contributed by atoms with Crippen LogP contribution in [-0.2, 0) is 6.54 Å². The van der Waals surface area contributed by atoms with Crippen LogP contribution >= 0.6 is 31.9 Å². The molecule has 1 heterocycles. The highest BCUT2D eigenvalue weighted by molar-refractivity contribution is 9.11. The second-order valence-corrected chi connectivity index (χ2v) is 6.07. The number of nitrogens with zero attached hydrogens (tertiary/aromatic N) is 1. The Hall–Kier alpha value is -1.07. The number of hydrogen-bond donors (Lipinski definition) is 1. The van der Waals surface area contributed by atoms with E-state index >= 15 is 0 Å². The third-order valence-electron chi connectivity index (χ3n) is 2.75. The van der Waals surface area contributed by atoms with Crippen molar-refractivity contribution in [2.75, 3.05) is 11.9 Å². The summed E-state index contributed by atoms with van der Waals surface area (Å²) in [4.78, 5) is 4.26. The first-order valence-electron chi connectivity index (χ1n) is 6.37. The third-order valence-corrected chi connectivity index (χ3v) is 3.93. The molecule has 3 nitrogen and oxygen atoms in total. The van der Waals surface area contributed by atoms with Crippen molar-refractivity contribution in [2.45, 2.75) is 20.4 Å². The Morgan fingerprint density at radius 2 is 1.90 bits per heavy atom. The predicted octanol–water partition coefficient (Wildman–Crippen LogP) is 4.93. The van der Waals surface area contributed by atoms with E-state index in [0.717, 1.165) is 38.2 Å². The number of ether oxygens (including phenoxy) is 1. The summed E-state index contributed by atoms with van der Waals surface area (Å²) < 4.78 is 7.48. The highest BCUT2D eigenvalue weighted by Gasteiger charge is 2.08. The van der Waals surface area contributed by atoms with Gasteiger partial charge in [0.05, 0.1) is 27.4 Å². The molecule has 1 N–H and O–H groups in total.